The number of carbonyl (C=O) groups excluding carboxylic acids is 1. The van der Waals surface area contributed by atoms with Gasteiger partial charge in [0.15, 0.2) is 0 Å². The van der Waals surface area contributed by atoms with Crippen LogP contribution in [0.5, 0.6) is 0 Å². The number of nitrogens with one attached hydrogen (secondary N) is 1. The summed E-state index contributed by atoms with van der Waals surface area (Å²) in [5.41, 5.74) is -0.430. The van der Waals surface area contributed by atoms with Gasteiger partial charge < -0.3 is 14.8 Å². The van der Waals surface area contributed by atoms with E-state index >= 15 is 0 Å². The van der Waals surface area contributed by atoms with Crippen LogP contribution in [0, 0.1) is 5.92 Å². The largest absolute Gasteiger partial charge is 0.444 e. The first-order valence-electron chi connectivity index (χ1n) is 6.02. The van der Waals surface area contributed by atoms with Crippen LogP contribution in [0.4, 0.5) is 4.79 Å². The van der Waals surface area contributed by atoms with Crippen molar-refractivity contribution in [1.82, 2.24) is 5.32 Å². The minimum Gasteiger partial charge on any atom is -0.444 e. The molecule has 1 saturated heterocycles. The quantitative estimate of drug-likeness (QED) is 0.698. The van der Waals surface area contributed by atoms with Crippen molar-refractivity contribution in [3.05, 3.63) is 0 Å². The lowest BCUT2D eigenvalue weighted by molar-refractivity contribution is 0.0477. The summed E-state index contributed by atoms with van der Waals surface area (Å²) in [4.78, 5) is 11.6. The van der Waals surface area contributed by atoms with Gasteiger partial charge in [0, 0.05) is 12.0 Å². The van der Waals surface area contributed by atoms with Crippen LogP contribution >= 0.6 is 0 Å². The SMILES string of the molecule is C[C@H]1[C@H]2O[C@H]2CC[C@@H]1NC(=O)OC(C)(C)C. The van der Waals surface area contributed by atoms with Gasteiger partial charge >= 0.3 is 6.09 Å². The lowest BCUT2D eigenvalue weighted by atomic mass is 9.86. The summed E-state index contributed by atoms with van der Waals surface area (Å²) in [6.07, 6.45) is 2.53. The first-order valence-corrected chi connectivity index (χ1v) is 6.02. The fourth-order valence-corrected chi connectivity index (χ4v) is 2.35. The molecule has 0 bridgehead atoms. The molecule has 0 spiro atoms. The number of ether oxygens (including phenoxy) is 2. The van der Waals surface area contributed by atoms with E-state index in [-0.39, 0.29) is 12.1 Å². The summed E-state index contributed by atoms with van der Waals surface area (Å²) >= 11 is 0. The van der Waals surface area contributed by atoms with Gasteiger partial charge in [-0.15, -0.1) is 0 Å². The van der Waals surface area contributed by atoms with E-state index in [0.717, 1.165) is 12.8 Å². The third kappa shape index (κ3) is 2.67. The molecule has 0 aromatic carbocycles. The molecule has 2 fully saturated rings. The Bertz CT molecular complexity index is 284. The lowest BCUT2D eigenvalue weighted by Crippen LogP contribution is -2.45. The Labute approximate surface area is 96.7 Å². The Kier molecular flexibility index (Phi) is 2.86. The van der Waals surface area contributed by atoms with Crippen LogP contribution in [0.1, 0.15) is 40.5 Å². The number of amides is 1. The number of carbonyl (C=O) groups is 1. The van der Waals surface area contributed by atoms with Gasteiger partial charge in [-0.1, -0.05) is 6.92 Å². The van der Waals surface area contributed by atoms with Crippen molar-refractivity contribution in [3.8, 4) is 0 Å². The van der Waals surface area contributed by atoms with Gasteiger partial charge in [-0.3, -0.25) is 0 Å². The van der Waals surface area contributed by atoms with Crippen molar-refractivity contribution in [3.63, 3.8) is 0 Å². The monoisotopic (exact) mass is 227 g/mol. The highest BCUT2D eigenvalue weighted by molar-refractivity contribution is 5.68. The Morgan fingerprint density at radius 3 is 2.69 bits per heavy atom. The van der Waals surface area contributed by atoms with Crippen molar-refractivity contribution in [2.24, 2.45) is 5.92 Å². The Morgan fingerprint density at radius 2 is 2.06 bits per heavy atom. The number of fused-ring (bicyclic) bond motifs is 1. The number of epoxide rings is 1. The van der Waals surface area contributed by atoms with E-state index in [2.05, 4.69) is 12.2 Å². The number of hydrogen-bond donors (Lipinski definition) is 1. The van der Waals surface area contributed by atoms with Crippen molar-refractivity contribution in [1.29, 1.82) is 0 Å². The Balaban J connectivity index is 1.82. The van der Waals surface area contributed by atoms with Crippen LogP contribution in [0.2, 0.25) is 0 Å². The van der Waals surface area contributed by atoms with Crippen molar-refractivity contribution < 1.29 is 14.3 Å². The van der Waals surface area contributed by atoms with Gasteiger partial charge in [0.1, 0.15) is 5.60 Å². The highest BCUT2D eigenvalue weighted by atomic mass is 16.6. The molecule has 2 aliphatic rings. The second-order valence-electron chi connectivity index (χ2n) is 5.83. The van der Waals surface area contributed by atoms with E-state index in [0.29, 0.717) is 18.1 Å². The summed E-state index contributed by atoms with van der Waals surface area (Å²) in [5.74, 6) is 0.395. The molecule has 1 aliphatic heterocycles. The zero-order chi connectivity index (χ0) is 11.9. The second kappa shape index (κ2) is 3.91. The highest BCUT2D eigenvalue weighted by Gasteiger charge is 2.49. The summed E-state index contributed by atoms with van der Waals surface area (Å²) in [7, 11) is 0. The normalized spacial score (nSPS) is 37.5. The molecule has 0 aromatic heterocycles. The van der Waals surface area contributed by atoms with Gasteiger partial charge in [0.05, 0.1) is 12.2 Å². The van der Waals surface area contributed by atoms with Gasteiger partial charge in [0.25, 0.3) is 0 Å². The maximum atomic E-state index is 11.6. The molecule has 0 radical (unpaired) electrons. The molecule has 0 unspecified atom stereocenters. The van der Waals surface area contributed by atoms with E-state index < -0.39 is 5.60 Å². The second-order valence-corrected chi connectivity index (χ2v) is 5.83. The molecule has 1 saturated carbocycles. The average Bonchev–Trinajstić information content (AvgIpc) is 2.86. The fourth-order valence-electron chi connectivity index (χ4n) is 2.35. The molecule has 4 atom stereocenters. The van der Waals surface area contributed by atoms with E-state index in [4.69, 9.17) is 9.47 Å². The zero-order valence-corrected chi connectivity index (χ0v) is 10.4. The Hall–Kier alpha value is -0.770. The van der Waals surface area contributed by atoms with Gasteiger partial charge in [-0.25, -0.2) is 4.79 Å². The summed E-state index contributed by atoms with van der Waals surface area (Å²) in [6, 6.07) is 0.193. The van der Waals surface area contributed by atoms with Crippen molar-refractivity contribution in [2.75, 3.05) is 0 Å². The summed E-state index contributed by atoms with van der Waals surface area (Å²) in [6.45, 7) is 7.75. The van der Waals surface area contributed by atoms with Crippen LogP contribution < -0.4 is 5.32 Å². The molecule has 4 heteroatoms. The molecule has 1 aliphatic carbocycles. The highest BCUT2D eigenvalue weighted by Crippen LogP contribution is 2.40. The van der Waals surface area contributed by atoms with Gasteiger partial charge in [-0.05, 0) is 33.6 Å². The molecule has 2 rings (SSSR count). The molecular weight excluding hydrogens is 206 g/mol. The van der Waals surface area contributed by atoms with Crippen LogP contribution in [-0.2, 0) is 9.47 Å². The molecule has 1 heterocycles. The molecule has 1 amide bonds. The molecule has 0 aromatic rings. The minimum absolute atomic E-state index is 0.193. The number of hydrogen-bond acceptors (Lipinski definition) is 3. The standard InChI is InChI=1S/C12H21NO3/c1-7-8(5-6-9-10(7)15-9)13-11(14)16-12(2,3)4/h7-10H,5-6H2,1-4H3,(H,13,14)/t7-,8+,9+,10-/m1/s1. The van der Waals surface area contributed by atoms with Crippen LogP contribution in [0.3, 0.4) is 0 Å². The lowest BCUT2D eigenvalue weighted by Gasteiger charge is -2.28. The number of rotatable bonds is 1. The third-order valence-corrected chi connectivity index (χ3v) is 3.24. The topological polar surface area (TPSA) is 50.9 Å². The van der Waals surface area contributed by atoms with Crippen molar-refractivity contribution >= 4 is 6.09 Å². The molecule has 92 valence electrons. The fraction of sp³-hybridized carbons (Fsp3) is 0.917. The minimum atomic E-state index is -0.430. The number of alkyl carbamates (subject to hydrolysis) is 1. The van der Waals surface area contributed by atoms with E-state index in [1.54, 1.807) is 0 Å². The zero-order valence-electron chi connectivity index (χ0n) is 10.4. The smallest absolute Gasteiger partial charge is 0.407 e. The Morgan fingerprint density at radius 1 is 1.38 bits per heavy atom. The maximum absolute atomic E-state index is 11.6. The first-order chi connectivity index (χ1) is 7.37. The van der Waals surface area contributed by atoms with Crippen LogP contribution in [0.15, 0.2) is 0 Å². The van der Waals surface area contributed by atoms with Crippen molar-refractivity contribution in [2.45, 2.75) is 64.4 Å². The third-order valence-electron chi connectivity index (χ3n) is 3.24. The predicted molar refractivity (Wildman–Crippen MR) is 60.2 cm³/mol. The summed E-state index contributed by atoms with van der Waals surface area (Å²) < 4.78 is 10.8. The van der Waals surface area contributed by atoms with Gasteiger partial charge in [-0.2, -0.15) is 0 Å². The van der Waals surface area contributed by atoms with E-state index in [9.17, 15) is 4.79 Å². The van der Waals surface area contributed by atoms with E-state index in [1.807, 2.05) is 20.8 Å². The average molecular weight is 227 g/mol. The molecule has 4 nitrogen and oxygen atoms in total. The molecule has 1 N–H and O–H groups in total. The van der Waals surface area contributed by atoms with Crippen LogP contribution in [0.25, 0.3) is 0 Å². The molecular formula is C12H21NO3. The first kappa shape index (κ1) is 11.7. The predicted octanol–water partition coefficient (Wildman–Crippen LogP) is 2.08. The molecule has 16 heavy (non-hydrogen) atoms. The van der Waals surface area contributed by atoms with E-state index in [1.165, 1.54) is 0 Å². The summed E-state index contributed by atoms with van der Waals surface area (Å²) in [5, 5.41) is 2.94. The maximum Gasteiger partial charge on any atom is 0.407 e. The van der Waals surface area contributed by atoms with Gasteiger partial charge in [0.2, 0.25) is 0 Å². The van der Waals surface area contributed by atoms with Crippen LogP contribution in [-0.4, -0.2) is 29.9 Å².